The molecular formula is C20H17F2NO2S. The lowest BCUT2D eigenvalue weighted by molar-refractivity contribution is -0.122. The maximum absolute atomic E-state index is 14.0. The van der Waals surface area contributed by atoms with Crippen molar-refractivity contribution in [1.82, 2.24) is 0 Å². The van der Waals surface area contributed by atoms with E-state index in [0.29, 0.717) is 5.69 Å². The quantitative estimate of drug-likeness (QED) is 0.617. The van der Waals surface area contributed by atoms with E-state index in [-0.39, 0.29) is 24.6 Å². The van der Waals surface area contributed by atoms with E-state index in [4.69, 9.17) is 4.74 Å². The zero-order chi connectivity index (χ0) is 18.5. The summed E-state index contributed by atoms with van der Waals surface area (Å²) in [6.45, 7) is -0.126. The molecule has 0 bridgehead atoms. The number of rotatable bonds is 6. The molecule has 0 saturated heterocycles. The number of amides is 1. The van der Waals surface area contributed by atoms with Crippen molar-refractivity contribution >= 4 is 22.9 Å². The maximum Gasteiger partial charge on any atom is 0.253 e. The van der Waals surface area contributed by atoms with Crippen LogP contribution in [0.2, 0.25) is 0 Å². The van der Waals surface area contributed by atoms with Crippen molar-refractivity contribution in [2.45, 2.75) is 6.54 Å². The van der Waals surface area contributed by atoms with Crippen molar-refractivity contribution in [3.8, 4) is 10.4 Å². The zero-order valence-corrected chi connectivity index (χ0v) is 14.9. The number of benzene rings is 2. The molecule has 0 unspecified atom stereocenters. The summed E-state index contributed by atoms with van der Waals surface area (Å²) in [5.41, 5.74) is 1.93. The van der Waals surface area contributed by atoms with E-state index < -0.39 is 11.6 Å². The fourth-order valence-corrected chi connectivity index (χ4v) is 3.47. The number of methoxy groups -OCH3 is 1. The molecule has 1 aromatic heterocycles. The SMILES string of the molecule is COCC(=O)N(Cc1ccc(F)cc1F)c1csc(-c2ccccc2)c1. The molecule has 3 aromatic rings. The molecule has 3 nitrogen and oxygen atoms in total. The molecule has 2 aromatic carbocycles. The number of nitrogens with zero attached hydrogens (tertiary/aromatic N) is 1. The van der Waals surface area contributed by atoms with E-state index in [2.05, 4.69) is 0 Å². The monoisotopic (exact) mass is 373 g/mol. The van der Waals surface area contributed by atoms with Crippen LogP contribution in [0, 0.1) is 11.6 Å². The number of anilines is 1. The summed E-state index contributed by atoms with van der Waals surface area (Å²) < 4.78 is 32.1. The highest BCUT2D eigenvalue weighted by atomic mass is 32.1. The Bertz CT molecular complexity index is 896. The largest absolute Gasteiger partial charge is 0.375 e. The minimum absolute atomic E-state index is 0.000725. The highest BCUT2D eigenvalue weighted by molar-refractivity contribution is 7.14. The highest BCUT2D eigenvalue weighted by Crippen LogP contribution is 2.32. The van der Waals surface area contributed by atoms with Crippen LogP contribution in [0.15, 0.2) is 60.0 Å². The molecular weight excluding hydrogens is 356 g/mol. The Morgan fingerprint density at radius 3 is 2.58 bits per heavy atom. The smallest absolute Gasteiger partial charge is 0.253 e. The van der Waals surface area contributed by atoms with E-state index in [9.17, 15) is 13.6 Å². The molecule has 0 radical (unpaired) electrons. The molecule has 3 rings (SSSR count). The molecule has 0 spiro atoms. The standard InChI is InChI=1S/C20H17F2NO2S/c1-25-12-20(24)23(11-15-7-8-16(21)9-18(15)22)17-10-19(26-13-17)14-5-3-2-4-6-14/h2-10,13H,11-12H2,1H3. The Kier molecular flexibility index (Phi) is 5.75. The van der Waals surface area contributed by atoms with Gasteiger partial charge in [-0.25, -0.2) is 8.78 Å². The van der Waals surface area contributed by atoms with Gasteiger partial charge < -0.3 is 9.64 Å². The van der Waals surface area contributed by atoms with Gasteiger partial charge in [0.1, 0.15) is 18.2 Å². The van der Waals surface area contributed by atoms with E-state index in [1.807, 2.05) is 41.8 Å². The molecule has 0 saturated carbocycles. The molecule has 6 heteroatoms. The normalized spacial score (nSPS) is 10.7. The number of hydrogen-bond acceptors (Lipinski definition) is 3. The lowest BCUT2D eigenvalue weighted by Gasteiger charge is -2.21. The number of ether oxygens (including phenoxy) is 1. The van der Waals surface area contributed by atoms with Crippen molar-refractivity contribution in [3.05, 3.63) is 77.2 Å². The van der Waals surface area contributed by atoms with E-state index in [1.165, 1.54) is 35.5 Å². The predicted molar refractivity (Wildman–Crippen MR) is 99.2 cm³/mol. The minimum Gasteiger partial charge on any atom is -0.375 e. The second kappa shape index (κ2) is 8.21. The number of carbonyl (C=O) groups excluding carboxylic acids is 1. The van der Waals surface area contributed by atoms with Crippen LogP contribution in [0.1, 0.15) is 5.56 Å². The third-order valence-corrected chi connectivity index (χ3v) is 4.83. The molecule has 134 valence electrons. The lowest BCUT2D eigenvalue weighted by atomic mass is 10.1. The van der Waals surface area contributed by atoms with Crippen LogP contribution in [-0.2, 0) is 16.1 Å². The van der Waals surface area contributed by atoms with E-state index in [1.54, 1.807) is 0 Å². The van der Waals surface area contributed by atoms with Crippen molar-refractivity contribution in [3.63, 3.8) is 0 Å². The van der Waals surface area contributed by atoms with Gasteiger partial charge >= 0.3 is 0 Å². The van der Waals surface area contributed by atoms with E-state index in [0.717, 1.165) is 16.5 Å². The molecule has 1 amide bonds. The molecule has 0 aliphatic heterocycles. The first kappa shape index (κ1) is 18.2. The molecule has 0 aliphatic carbocycles. The first-order valence-corrected chi connectivity index (χ1v) is 8.83. The minimum atomic E-state index is -0.682. The van der Waals surface area contributed by atoms with Crippen molar-refractivity contribution < 1.29 is 18.3 Å². The Morgan fingerprint density at radius 1 is 1.12 bits per heavy atom. The summed E-state index contributed by atoms with van der Waals surface area (Å²) in [6.07, 6.45) is 0. The van der Waals surface area contributed by atoms with Crippen molar-refractivity contribution in [1.29, 1.82) is 0 Å². The van der Waals surface area contributed by atoms with Gasteiger partial charge in [-0.3, -0.25) is 4.79 Å². The molecule has 0 fully saturated rings. The van der Waals surface area contributed by atoms with Crippen molar-refractivity contribution in [2.24, 2.45) is 0 Å². The van der Waals surface area contributed by atoms with E-state index >= 15 is 0 Å². The van der Waals surface area contributed by atoms with Gasteiger partial charge in [-0.1, -0.05) is 36.4 Å². The van der Waals surface area contributed by atoms with Crippen LogP contribution in [0.3, 0.4) is 0 Å². The number of hydrogen-bond donors (Lipinski definition) is 0. The lowest BCUT2D eigenvalue weighted by Crippen LogP contribution is -2.33. The Labute approximate surface area is 154 Å². The second-order valence-electron chi connectivity index (χ2n) is 5.68. The Hall–Kier alpha value is -2.57. The number of carbonyl (C=O) groups is 1. The summed E-state index contributed by atoms with van der Waals surface area (Å²) >= 11 is 1.50. The van der Waals surface area contributed by atoms with Gasteiger partial charge in [-0.2, -0.15) is 0 Å². The topological polar surface area (TPSA) is 29.5 Å². The van der Waals surface area contributed by atoms with Crippen LogP contribution in [0.25, 0.3) is 10.4 Å². The second-order valence-corrected chi connectivity index (χ2v) is 6.60. The zero-order valence-electron chi connectivity index (χ0n) is 14.1. The fourth-order valence-electron chi connectivity index (χ4n) is 2.57. The van der Waals surface area contributed by atoms with Gasteiger partial charge in [-0.05, 0) is 17.7 Å². The summed E-state index contributed by atoms with van der Waals surface area (Å²) in [5, 5.41) is 1.84. The summed E-state index contributed by atoms with van der Waals surface area (Å²) in [5.74, 6) is -1.63. The van der Waals surface area contributed by atoms with Gasteiger partial charge in [0.25, 0.3) is 5.91 Å². The third kappa shape index (κ3) is 4.15. The molecule has 0 N–H and O–H groups in total. The molecule has 0 aliphatic rings. The van der Waals surface area contributed by atoms with Gasteiger partial charge in [0.15, 0.2) is 0 Å². The van der Waals surface area contributed by atoms with Gasteiger partial charge in [0, 0.05) is 29.0 Å². The van der Waals surface area contributed by atoms with Crippen LogP contribution < -0.4 is 4.90 Å². The average Bonchev–Trinajstić information content (AvgIpc) is 3.12. The Morgan fingerprint density at radius 2 is 1.88 bits per heavy atom. The van der Waals surface area contributed by atoms with Crippen LogP contribution in [-0.4, -0.2) is 19.6 Å². The first-order valence-electron chi connectivity index (χ1n) is 7.95. The highest BCUT2D eigenvalue weighted by Gasteiger charge is 2.19. The fraction of sp³-hybridized carbons (Fsp3) is 0.150. The van der Waals surface area contributed by atoms with Gasteiger partial charge in [-0.15, -0.1) is 11.3 Å². The molecule has 1 heterocycles. The van der Waals surface area contributed by atoms with Gasteiger partial charge in [0.2, 0.25) is 0 Å². The van der Waals surface area contributed by atoms with Crippen LogP contribution >= 0.6 is 11.3 Å². The van der Waals surface area contributed by atoms with Gasteiger partial charge in [0.05, 0.1) is 12.2 Å². The number of halogens is 2. The summed E-state index contributed by atoms with van der Waals surface area (Å²) in [7, 11) is 1.43. The van der Waals surface area contributed by atoms with Crippen molar-refractivity contribution in [2.75, 3.05) is 18.6 Å². The molecule has 0 atom stereocenters. The maximum atomic E-state index is 14.0. The molecule has 26 heavy (non-hydrogen) atoms. The summed E-state index contributed by atoms with van der Waals surface area (Å²) in [4.78, 5) is 14.9. The Balaban J connectivity index is 1.91. The van der Waals surface area contributed by atoms with Crippen LogP contribution in [0.4, 0.5) is 14.5 Å². The summed E-state index contributed by atoms with van der Waals surface area (Å²) in [6, 6.07) is 15.0. The average molecular weight is 373 g/mol. The van der Waals surface area contributed by atoms with Crippen LogP contribution in [0.5, 0.6) is 0 Å². The third-order valence-electron chi connectivity index (χ3n) is 3.87. The predicted octanol–water partition coefficient (Wildman–Crippen LogP) is 4.87. The first-order chi connectivity index (χ1) is 12.6. The number of thiophene rings is 1.